The summed E-state index contributed by atoms with van der Waals surface area (Å²) in [7, 11) is 0. The van der Waals surface area contributed by atoms with E-state index in [1.807, 2.05) is 6.21 Å². The Hall–Kier alpha value is -4.18. The summed E-state index contributed by atoms with van der Waals surface area (Å²) in [5.41, 5.74) is 16.3. The number of aliphatic imine (C=N–C) groups is 1. The third kappa shape index (κ3) is 4.92. The highest BCUT2D eigenvalue weighted by molar-refractivity contribution is 6.09. The van der Waals surface area contributed by atoms with Gasteiger partial charge in [0.2, 0.25) is 0 Å². The number of hydrogen-bond donors (Lipinski definition) is 0. The quantitative estimate of drug-likeness (QED) is 0.214. The van der Waals surface area contributed by atoms with Crippen LogP contribution in [-0.2, 0) is 17.4 Å². The van der Waals surface area contributed by atoms with Crippen LogP contribution in [0.3, 0.4) is 0 Å². The van der Waals surface area contributed by atoms with Crippen molar-refractivity contribution in [3.8, 4) is 22.8 Å². The lowest BCUT2D eigenvalue weighted by molar-refractivity contribution is 0.125. The zero-order valence-corrected chi connectivity index (χ0v) is 32.8. The Morgan fingerprint density at radius 3 is 1.53 bits per heavy atom. The molecule has 0 amide bonds. The molecule has 2 fully saturated rings. The molecule has 8 aliphatic rings. The smallest absolute Gasteiger partial charge is 0.165 e. The molecule has 1 aromatic heterocycles. The molecule has 4 nitrogen and oxygen atoms in total. The maximum absolute atomic E-state index is 5.26. The molecule has 0 spiro atoms. The number of aromatic nitrogens is 3. The van der Waals surface area contributed by atoms with Crippen molar-refractivity contribution in [3.05, 3.63) is 111 Å². The zero-order valence-electron chi connectivity index (χ0n) is 32.8. The van der Waals surface area contributed by atoms with Crippen molar-refractivity contribution >= 4 is 17.4 Å². The van der Waals surface area contributed by atoms with E-state index in [4.69, 9.17) is 19.9 Å². The van der Waals surface area contributed by atoms with Crippen molar-refractivity contribution in [3.63, 3.8) is 0 Å². The van der Waals surface area contributed by atoms with Gasteiger partial charge in [-0.25, -0.2) is 15.0 Å². The van der Waals surface area contributed by atoms with E-state index in [0.29, 0.717) is 36.0 Å². The molecule has 7 aliphatic carbocycles. The third-order valence-corrected chi connectivity index (χ3v) is 15.9. The third-order valence-electron chi connectivity index (χ3n) is 15.9. The summed E-state index contributed by atoms with van der Waals surface area (Å²) < 4.78 is 0. The monoisotopic (exact) mass is 698 g/mol. The van der Waals surface area contributed by atoms with E-state index in [-0.39, 0.29) is 16.2 Å². The molecule has 4 aromatic rings. The average Bonchev–Trinajstić information content (AvgIpc) is 3.34. The fraction of sp³-hybridized carbons (Fsp3) is 0.469. The van der Waals surface area contributed by atoms with Crippen LogP contribution in [0.25, 0.3) is 33.9 Å². The Balaban J connectivity index is 1.09. The molecular weight excluding hydrogens is 645 g/mol. The van der Waals surface area contributed by atoms with Crippen LogP contribution in [0.1, 0.15) is 174 Å². The van der Waals surface area contributed by atoms with Crippen molar-refractivity contribution in [2.75, 3.05) is 0 Å². The van der Waals surface area contributed by atoms with E-state index < -0.39 is 0 Å². The molecule has 0 radical (unpaired) electrons. The van der Waals surface area contributed by atoms with Crippen molar-refractivity contribution in [2.45, 2.75) is 141 Å². The Bertz CT molecular complexity index is 2190. The molecule has 0 atom stereocenters. The van der Waals surface area contributed by atoms with Crippen molar-refractivity contribution in [1.29, 1.82) is 0 Å². The van der Waals surface area contributed by atoms with Gasteiger partial charge in [0.25, 0.3) is 0 Å². The highest BCUT2D eigenvalue weighted by Crippen LogP contribution is 2.62. The summed E-state index contributed by atoms with van der Waals surface area (Å²) in [5.74, 6) is 4.95. The summed E-state index contributed by atoms with van der Waals surface area (Å²) in [6.45, 7) is 17.4. The first-order valence-electron chi connectivity index (χ1n) is 20.5. The van der Waals surface area contributed by atoms with E-state index >= 15 is 0 Å². The van der Waals surface area contributed by atoms with Gasteiger partial charge in [-0.1, -0.05) is 84.0 Å². The molecule has 270 valence electrons. The fourth-order valence-corrected chi connectivity index (χ4v) is 11.4. The van der Waals surface area contributed by atoms with E-state index in [9.17, 15) is 0 Å². The van der Waals surface area contributed by atoms with Crippen LogP contribution in [0, 0.1) is 5.41 Å². The highest BCUT2D eigenvalue weighted by atomic mass is 15.0. The van der Waals surface area contributed by atoms with Crippen LogP contribution < -0.4 is 0 Å². The lowest BCUT2D eigenvalue weighted by Crippen LogP contribution is -2.42. The van der Waals surface area contributed by atoms with Crippen molar-refractivity contribution in [2.24, 2.45) is 10.4 Å². The van der Waals surface area contributed by atoms with E-state index in [0.717, 1.165) is 28.3 Å². The second kappa shape index (κ2) is 11.7. The van der Waals surface area contributed by atoms with Gasteiger partial charge in [0.05, 0.1) is 6.54 Å². The zero-order chi connectivity index (χ0) is 36.4. The molecule has 4 heteroatoms. The molecule has 2 saturated carbocycles. The molecule has 3 aromatic carbocycles. The Kier molecular flexibility index (Phi) is 7.35. The molecule has 4 bridgehead atoms. The van der Waals surface area contributed by atoms with Crippen LogP contribution >= 0.6 is 0 Å². The van der Waals surface area contributed by atoms with Crippen LogP contribution in [-0.4, -0.2) is 21.2 Å². The summed E-state index contributed by atoms with van der Waals surface area (Å²) in [4.78, 5) is 20.9. The fourth-order valence-electron chi connectivity index (χ4n) is 11.4. The van der Waals surface area contributed by atoms with Crippen molar-refractivity contribution in [1.82, 2.24) is 15.0 Å². The number of fused-ring (bicyclic) bond motifs is 6. The average molecular weight is 699 g/mol. The normalized spacial score (nSPS) is 28.7. The summed E-state index contributed by atoms with van der Waals surface area (Å²) >= 11 is 0. The van der Waals surface area contributed by atoms with E-state index in [1.165, 1.54) is 90.3 Å². The van der Waals surface area contributed by atoms with Gasteiger partial charge in [0, 0.05) is 22.9 Å². The first-order valence-corrected chi connectivity index (χ1v) is 20.5. The van der Waals surface area contributed by atoms with Gasteiger partial charge in [0.1, 0.15) is 0 Å². The second-order valence-corrected chi connectivity index (χ2v) is 19.0. The predicted molar refractivity (Wildman–Crippen MR) is 219 cm³/mol. The summed E-state index contributed by atoms with van der Waals surface area (Å²) in [6, 6.07) is 19.1. The topological polar surface area (TPSA) is 51.0 Å². The number of benzene rings is 3. The molecule has 2 heterocycles. The highest BCUT2D eigenvalue weighted by Gasteiger charge is 2.57. The van der Waals surface area contributed by atoms with Gasteiger partial charge in [0.15, 0.2) is 17.5 Å². The second-order valence-electron chi connectivity index (χ2n) is 19.0. The molecule has 12 rings (SSSR count). The Morgan fingerprint density at radius 2 is 1.00 bits per heavy atom. The van der Waals surface area contributed by atoms with Gasteiger partial charge in [-0.15, -0.1) is 0 Å². The van der Waals surface area contributed by atoms with E-state index in [2.05, 4.69) is 109 Å². The van der Waals surface area contributed by atoms with Gasteiger partial charge >= 0.3 is 0 Å². The molecule has 53 heavy (non-hydrogen) atoms. The maximum atomic E-state index is 5.26. The summed E-state index contributed by atoms with van der Waals surface area (Å²) in [6.07, 6.45) is 17.0. The minimum atomic E-state index is 0.0496. The first-order chi connectivity index (χ1) is 25.4. The molecule has 0 unspecified atom stereocenters. The number of hydrogen-bond acceptors (Lipinski definition) is 4. The van der Waals surface area contributed by atoms with Crippen LogP contribution in [0.4, 0.5) is 0 Å². The largest absolute Gasteiger partial charge is 0.288 e. The lowest BCUT2D eigenvalue weighted by Gasteiger charge is -2.44. The summed E-state index contributed by atoms with van der Waals surface area (Å²) in [5, 5.41) is 0. The SMILES string of the molecule is C/C1=C\C=C(\c2nc(-c3ccc4c(c3)C3CCC4CC3)nc(-c3ccc4c(c3)C3CCC4CC3)n2)C=NCc2cc3c(cc21)C(C)(C)C(C)(C)C3(C)C. The van der Waals surface area contributed by atoms with Gasteiger partial charge < -0.3 is 0 Å². The number of allylic oxidation sites excluding steroid dienone is 4. The number of nitrogens with zero attached hydrogens (tertiary/aromatic N) is 4. The maximum Gasteiger partial charge on any atom is 0.165 e. The minimum Gasteiger partial charge on any atom is -0.288 e. The number of rotatable bonds is 3. The predicted octanol–water partition coefficient (Wildman–Crippen LogP) is 12.4. The van der Waals surface area contributed by atoms with E-state index in [1.54, 1.807) is 11.1 Å². The van der Waals surface area contributed by atoms with Crippen LogP contribution in [0.5, 0.6) is 0 Å². The van der Waals surface area contributed by atoms with Gasteiger partial charge in [-0.05, 0) is 166 Å². The Morgan fingerprint density at radius 1 is 0.528 bits per heavy atom. The lowest BCUT2D eigenvalue weighted by atomic mass is 9.59. The minimum absolute atomic E-state index is 0.0496. The van der Waals surface area contributed by atoms with Gasteiger partial charge in [-0.3, -0.25) is 4.99 Å². The standard InChI is InChI=1S/C49H54N4/c1-28-8-9-35(26-50-27-36-24-42-43(25-39(28)36)48(4,5)49(6,7)47(42,2)3)46-52-44(33-18-20-37-29-10-14-31(15-11-29)40(37)22-33)51-45(53-46)34-19-21-38-30-12-16-32(17-13-30)41(38)23-34/h8-9,18-26,29-32H,10-17,27H2,1-7H3/b28-8+,35-9+,50-26?. The molecular formula is C49H54N4. The molecule has 1 aliphatic heterocycles. The van der Waals surface area contributed by atoms with Crippen LogP contribution in [0.15, 0.2) is 65.7 Å². The molecule has 0 saturated heterocycles. The first kappa shape index (κ1) is 33.4. The Labute approximate surface area is 316 Å². The van der Waals surface area contributed by atoms with Crippen molar-refractivity contribution < 1.29 is 0 Å². The van der Waals surface area contributed by atoms with Crippen LogP contribution in [0.2, 0.25) is 0 Å². The van der Waals surface area contributed by atoms with Gasteiger partial charge in [-0.2, -0.15) is 0 Å². The molecule has 0 N–H and O–H groups in total.